The van der Waals surface area contributed by atoms with Crippen molar-refractivity contribution < 1.29 is 32.6 Å². The highest BCUT2D eigenvalue weighted by molar-refractivity contribution is 7.92. The number of likely N-dealkylation sites (N-methyl/N-ethyl adjacent to an activating group) is 1. The van der Waals surface area contributed by atoms with Crippen LogP contribution in [0.25, 0.3) is 22.0 Å². The normalized spacial score (nSPS) is 16.9. The van der Waals surface area contributed by atoms with E-state index in [1.54, 1.807) is 17.7 Å². The summed E-state index contributed by atoms with van der Waals surface area (Å²) in [6, 6.07) is 7.20. The third kappa shape index (κ3) is 7.60. The first-order chi connectivity index (χ1) is 23.4. The molecule has 2 saturated heterocycles. The molecule has 0 aliphatic carbocycles. The van der Waals surface area contributed by atoms with Crippen LogP contribution in [0, 0.1) is 0 Å². The van der Waals surface area contributed by atoms with E-state index in [9.17, 15) is 27.9 Å². The fraction of sp³-hybridized carbons (Fsp3) is 0.514. The molecule has 2 aliphatic heterocycles. The van der Waals surface area contributed by atoms with Gasteiger partial charge in [0, 0.05) is 82.5 Å². The molecule has 4 N–H and O–H groups in total. The van der Waals surface area contributed by atoms with Crippen LogP contribution in [0.2, 0.25) is 0 Å². The first kappa shape index (κ1) is 37.1. The summed E-state index contributed by atoms with van der Waals surface area (Å²) in [5.41, 5.74) is 7.56. The first-order valence-corrected chi connectivity index (χ1v) is 18.6. The minimum absolute atomic E-state index is 0.0358. The first-order valence-electron chi connectivity index (χ1n) is 16.7. The second-order valence-corrected chi connectivity index (χ2v) is 16.1. The molecule has 2 aliphatic rings. The number of benzene rings is 2. The van der Waals surface area contributed by atoms with Crippen molar-refractivity contribution in [3.05, 3.63) is 46.6 Å². The summed E-state index contributed by atoms with van der Waals surface area (Å²) in [6.07, 6.45) is 0.975. The summed E-state index contributed by atoms with van der Waals surface area (Å²) in [5, 5.41) is 11.3. The van der Waals surface area contributed by atoms with Gasteiger partial charge in [0.05, 0.1) is 36.7 Å². The van der Waals surface area contributed by atoms with Gasteiger partial charge in [0.2, 0.25) is 15.9 Å². The number of nitrogens with zero attached hydrogens (tertiary/aromatic N) is 5. The number of amides is 2. The second kappa shape index (κ2) is 14.2. The number of aromatic nitrogens is 1. The van der Waals surface area contributed by atoms with Crippen LogP contribution in [-0.4, -0.2) is 135 Å². The summed E-state index contributed by atoms with van der Waals surface area (Å²) in [7, 11) is 1.13. The lowest BCUT2D eigenvalue weighted by Gasteiger charge is -2.37. The van der Waals surface area contributed by atoms with Gasteiger partial charge < -0.3 is 29.9 Å². The lowest BCUT2D eigenvalue weighted by atomic mass is 9.79. The molecular formula is C35H49N7O7S. The molecule has 3 heterocycles. The van der Waals surface area contributed by atoms with Crippen molar-refractivity contribution in [2.45, 2.75) is 32.7 Å². The predicted octanol–water partition coefficient (Wildman–Crippen LogP) is 2.21. The average Bonchev–Trinajstić information content (AvgIpc) is 3.33. The van der Waals surface area contributed by atoms with Gasteiger partial charge in [0.25, 0.3) is 5.91 Å². The Kier molecular flexibility index (Phi) is 10.5. The van der Waals surface area contributed by atoms with E-state index in [4.69, 9.17) is 10.5 Å². The maximum Gasteiger partial charge on any atom is 0.353 e. The standard InChI is InChI=1S/C35H49N7O7S/c1-35(2,3)25-19-24(33(36)44)32(49-6)29(37-50(7,47)48)28(25)27-23-10-8-9-22(30(23)39(5)31(27)34(45)46)20-40-15-17-42(18-16-40)26(43)21-41-13-11-38(4)12-14-41/h8-10,19,37H,11-18,20-21H2,1-7H3,(H2,36,44)(H,45,46). The summed E-state index contributed by atoms with van der Waals surface area (Å²) in [4.78, 5) is 47.5. The molecule has 0 atom stereocenters. The number of carbonyl (C=O) groups is 3. The summed E-state index contributed by atoms with van der Waals surface area (Å²) >= 11 is 0. The predicted molar refractivity (Wildman–Crippen MR) is 193 cm³/mol. The number of rotatable bonds is 10. The number of nitrogens with one attached hydrogen (secondary N) is 1. The number of anilines is 1. The van der Waals surface area contributed by atoms with E-state index in [0.717, 1.165) is 38.0 Å². The number of piperazine rings is 2. The van der Waals surface area contributed by atoms with E-state index in [0.29, 0.717) is 61.3 Å². The Labute approximate surface area is 293 Å². The molecule has 0 radical (unpaired) electrons. The monoisotopic (exact) mass is 711 g/mol. The summed E-state index contributed by atoms with van der Waals surface area (Å²) < 4.78 is 35.4. The van der Waals surface area contributed by atoms with Gasteiger partial charge in [-0.1, -0.05) is 39.0 Å². The number of carbonyl (C=O) groups excluding carboxylic acids is 2. The number of fused-ring (bicyclic) bond motifs is 1. The number of aromatic carboxylic acids is 1. The van der Waals surface area contributed by atoms with Crippen molar-refractivity contribution in [2.75, 3.05) is 84.0 Å². The van der Waals surface area contributed by atoms with E-state index in [1.807, 2.05) is 43.9 Å². The van der Waals surface area contributed by atoms with Gasteiger partial charge in [0.1, 0.15) is 5.69 Å². The van der Waals surface area contributed by atoms with Crippen molar-refractivity contribution in [1.29, 1.82) is 0 Å². The molecule has 14 nitrogen and oxygen atoms in total. The molecule has 2 amide bonds. The van der Waals surface area contributed by atoms with Gasteiger partial charge >= 0.3 is 5.97 Å². The molecule has 50 heavy (non-hydrogen) atoms. The van der Waals surface area contributed by atoms with E-state index >= 15 is 0 Å². The van der Waals surface area contributed by atoms with Gasteiger partial charge in [-0.2, -0.15) is 0 Å². The summed E-state index contributed by atoms with van der Waals surface area (Å²) in [5.74, 6) is -1.99. The lowest BCUT2D eigenvalue weighted by Crippen LogP contribution is -2.53. The fourth-order valence-electron chi connectivity index (χ4n) is 7.11. The number of para-hydroxylation sites is 1. The molecule has 0 unspecified atom stereocenters. The molecule has 0 saturated carbocycles. The molecule has 0 bridgehead atoms. The van der Waals surface area contributed by atoms with Crippen LogP contribution >= 0.6 is 0 Å². The Balaban J connectivity index is 1.57. The number of sulfonamides is 1. The lowest BCUT2D eigenvalue weighted by molar-refractivity contribution is -0.134. The Hall–Kier alpha value is -4.18. The molecule has 2 fully saturated rings. The van der Waals surface area contributed by atoms with Crippen molar-refractivity contribution in [1.82, 2.24) is 24.2 Å². The highest BCUT2D eigenvalue weighted by Crippen LogP contribution is 2.49. The zero-order valence-corrected chi connectivity index (χ0v) is 30.8. The Morgan fingerprint density at radius 3 is 2.12 bits per heavy atom. The largest absolute Gasteiger partial charge is 0.494 e. The Morgan fingerprint density at radius 1 is 0.960 bits per heavy atom. The minimum Gasteiger partial charge on any atom is -0.494 e. The molecular weight excluding hydrogens is 662 g/mol. The zero-order valence-electron chi connectivity index (χ0n) is 30.0. The number of primary amides is 1. The molecule has 3 aromatic rings. The topological polar surface area (TPSA) is 171 Å². The number of carboxylic acids is 1. The zero-order chi connectivity index (χ0) is 36.7. The number of hydrogen-bond acceptors (Lipinski definition) is 9. The van der Waals surface area contributed by atoms with Crippen LogP contribution in [0.4, 0.5) is 5.69 Å². The van der Waals surface area contributed by atoms with Crippen molar-refractivity contribution in [3.63, 3.8) is 0 Å². The molecule has 5 rings (SSSR count). The molecule has 15 heteroatoms. The van der Waals surface area contributed by atoms with E-state index < -0.39 is 27.3 Å². The Bertz CT molecular complexity index is 1920. The number of aryl methyl sites for hydroxylation is 1. The highest BCUT2D eigenvalue weighted by Gasteiger charge is 2.35. The molecule has 2 aromatic carbocycles. The van der Waals surface area contributed by atoms with E-state index in [-0.39, 0.29) is 34.2 Å². The van der Waals surface area contributed by atoms with Gasteiger partial charge in [0.15, 0.2) is 5.75 Å². The molecule has 272 valence electrons. The molecule has 0 spiro atoms. The van der Waals surface area contributed by atoms with Crippen molar-refractivity contribution in [2.24, 2.45) is 12.8 Å². The number of ether oxygens (including phenoxy) is 1. The van der Waals surface area contributed by atoms with Gasteiger partial charge in [-0.3, -0.25) is 24.1 Å². The highest BCUT2D eigenvalue weighted by atomic mass is 32.2. The Morgan fingerprint density at radius 2 is 1.58 bits per heavy atom. The smallest absolute Gasteiger partial charge is 0.353 e. The van der Waals surface area contributed by atoms with Gasteiger partial charge in [-0.15, -0.1) is 0 Å². The van der Waals surface area contributed by atoms with Gasteiger partial charge in [-0.25, -0.2) is 13.2 Å². The third-order valence-electron chi connectivity index (χ3n) is 9.67. The van der Waals surface area contributed by atoms with Crippen LogP contribution in [0.1, 0.15) is 52.7 Å². The number of hydrogen-bond donors (Lipinski definition) is 3. The minimum atomic E-state index is -3.95. The quantitative estimate of drug-likeness (QED) is 0.283. The maximum absolute atomic E-state index is 13.1. The van der Waals surface area contributed by atoms with Crippen molar-refractivity contribution in [3.8, 4) is 16.9 Å². The SMILES string of the molecule is COc1c(C(N)=O)cc(C(C)(C)C)c(-c2c(C(=O)O)n(C)c3c(CN4CCN(C(=O)CN5CCN(C)CC5)CC4)cccc23)c1NS(C)(=O)=O. The van der Waals surface area contributed by atoms with Crippen molar-refractivity contribution >= 4 is 44.4 Å². The van der Waals surface area contributed by atoms with E-state index in [2.05, 4.69) is 26.5 Å². The summed E-state index contributed by atoms with van der Waals surface area (Å²) in [6.45, 7) is 12.8. The van der Waals surface area contributed by atoms with Crippen LogP contribution in [0.5, 0.6) is 5.75 Å². The molecule has 1 aromatic heterocycles. The average molecular weight is 712 g/mol. The van der Waals surface area contributed by atoms with Gasteiger partial charge in [-0.05, 0) is 29.7 Å². The van der Waals surface area contributed by atoms with Crippen LogP contribution < -0.4 is 15.2 Å². The van der Waals surface area contributed by atoms with Crippen LogP contribution in [0.15, 0.2) is 24.3 Å². The van der Waals surface area contributed by atoms with E-state index in [1.165, 1.54) is 7.11 Å². The second-order valence-electron chi connectivity index (χ2n) is 14.4. The fourth-order valence-corrected chi connectivity index (χ4v) is 7.68. The van der Waals surface area contributed by atoms with Crippen LogP contribution in [0.3, 0.4) is 0 Å². The van der Waals surface area contributed by atoms with Crippen LogP contribution in [-0.2, 0) is 33.8 Å². The maximum atomic E-state index is 13.1. The third-order valence-corrected chi connectivity index (χ3v) is 10.2. The number of methoxy groups -OCH3 is 1. The number of carboxylic acid groups (broad SMARTS) is 1. The number of nitrogens with two attached hydrogens (primary N) is 1.